The fraction of sp³-hybridized carbons (Fsp3) is 0.900. The summed E-state index contributed by atoms with van der Waals surface area (Å²) in [4.78, 5) is 10.5. The number of unbranched alkanes of at least 4 members (excludes halogenated alkanes) is 3. The van der Waals surface area contributed by atoms with Crippen LogP contribution in [0, 0.1) is 0 Å². The van der Waals surface area contributed by atoms with Gasteiger partial charge in [-0.2, -0.15) is 8.42 Å². The second-order valence-electron chi connectivity index (χ2n) is 3.36. The molecule has 0 aromatic rings. The molecule has 0 N–H and O–H groups in total. The van der Waals surface area contributed by atoms with E-state index in [-0.39, 0.29) is 6.61 Å². The van der Waals surface area contributed by atoms with Crippen molar-refractivity contribution < 1.29 is 17.4 Å². The Balaban J connectivity index is 4.07. The minimum Gasteiger partial charge on any atom is -0.289 e. The molecule has 1 unspecified atom stereocenters. The van der Waals surface area contributed by atoms with Crippen LogP contribution in [0.3, 0.4) is 0 Å². The normalized spacial score (nSPS) is 13.7. The molecular weight excluding hydrogens is 216 g/mol. The van der Waals surface area contributed by atoms with E-state index in [1.807, 2.05) is 0 Å². The third-order valence-electron chi connectivity index (χ3n) is 2.08. The SMILES string of the molecule is CCCCCCC([C]=O)S(=O)(=O)OCC. The lowest BCUT2D eigenvalue weighted by Gasteiger charge is -2.09. The van der Waals surface area contributed by atoms with Crippen LogP contribution in [-0.4, -0.2) is 26.6 Å². The number of hydrogen-bond acceptors (Lipinski definition) is 4. The highest BCUT2D eigenvalue weighted by molar-refractivity contribution is 7.88. The lowest BCUT2D eigenvalue weighted by atomic mass is 10.1. The van der Waals surface area contributed by atoms with E-state index in [0.717, 1.165) is 25.7 Å². The Bertz CT molecular complexity index is 259. The third-order valence-corrected chi connectivity index (χ3v) is 3.67. The summed E-state index contributed by atoms with van der Waals surface area (Å²) in [5.74, 6) is 0. The van der Waals surface area contributed by atoms with E-state index in [1.54, 1.807) is 13.2 Å². The Morgan fingerprint density at radius 3 is 2.33 bits per heavy atom. The Hall–Kier alpha value is -0.420. The second kappa shape index (κ2) is 7.82. The highest BCUT2D eigenvalue weighted by Gasteiger charge is 2.25. The van der Waals surface area contributed by atoms with Crippen molar-refractivity contribution in [2.75, 3.05) is 6.61 Å². The average molecular weight is 235 g/mol. The maximum Gasteiger partial charge on any atom is 0.277 e. The zero-order valence-electron chi connectivity index (χ0n) is 9.36. The molecule has 0 rings (SSSR count). The van der Waals surface area contributed by atoms with Gasteiger partial charge in [-0.1, -0.05) is 32.6 Å². The smallest absolute Gasteiger partial charge is 0.277 e. The lowest BCUT2D eigenvalue weighted by Crippen LogP contribution is -2.25. The standard InChI is InChI=1S/C10H19O4S/c1-3-5-6-7-8-10(9-11)15(12,13)14-4-2/h10H,3-8H2,1-2H3. The van der Waals surface area contributed by atoms with E-state index in [9.17, 15) is 13.2 Å². The molecule has 0 fully saturated rings. The zero-order chi connectivity index (χ0) is 11.7. The minimum absolute atomic E-state index is 0.0650. The highest BCUT2D eigenvalue weighted by atomic mass is 32.2. The molecule has 0 aliphatic heterocycles. The maximum atomic E-state index is 11.3. The van der Waals surface area contributed by atoms with Gasteiger partial charge in [0.05, 0.1) is 6.61 Å². The summed E-state index contributed by atoms with van der Waals surface area (Å²) in [6.07, 6.45) is 5.65. The molecule has 1 atom stereocenters. The van der Waals surface area contributed by atoms with Gasteiger partial charge in [0.15, 0.2) is 5.25 Å². The first-order chi connectivity index (χ1) is 7.08. The van der Waals surface area contributed by atoms with E-state index in [1.165, 1.54) is 0 Å². The van der Waals surface area contributed by atoms with E-state index in [2.05, 4.69) is 11.1 Å². The molecular formula is C10H19O4S. The highest BCUT2D eigenvalue weighted by Crippen LogP contribution is 2.12. The molecule has 0 saturated heterocycles. The molecule has 0 heterocycles. The predicted octanol–water partition coefficient (Wildman–Crippen LogP) is 1.80. The van der Waals surface area contributed by atoms with Crippen LogP contribution in [0.25, 0.3) is 0 Å². The van der Waals surface area contributed by atoms with Gasteiger partial charge in [0, 0.05) is 0 Å². The van der Waals surface area contributed by atoms with Crippen molar-refractivity contribution >= 4 is 16.4 Å². The summed E-state index contributed by atoms with van der Waals surface area (Å²) in [6.45, 7) is 3.71. The van der Waals surface area contributed by atoms with Crippen molar-refractivity contribution in [2.24, 2.45) is 0 Å². The van der Waals surface area contributed by atoms with Gasteiger partial charge < -0.3 is 0 Å². The summed E-state index contributed by atoms with van der Waals surface area (Å²) < 4.78 is 27.2. The molecule has 0 spiro atoms. The van der Waals surface area contributed by atoms with Crippen molar-refractivity contribution in [3.05, 3.63) is 0 Å². The first-order valence-electron chi connectivity index (χ1n) is 5.34. The van der Waals surface area contributed by atoms with Crippen LogP contribution in [0.1, 0.15) is 46.0 Å². The Kier molecular flexibility index (Phi) is 7.60. The van der Waals surface area contributed by atoms with Crippen molar-refractivity contribution in [1.29, 1.82) is 0 Å². The fourth-order valence-electron chi connectivity index (χ4n) is 1.27. The summed E-state index contributed by atoms with van der Waals surface area (Å²) in [7, 11) is -3.73. The van der Waals surface area contributed by atoms with Gasteiger partial charge in [-0.3, -0.25) is 8.98 Å². The summed E-state index contributed by atoms with van der Waals surface area (Å²) in [5.41, 5.74) is 0. The molecule has 1 radical (unpaired) electrons. The largest absolute Gasteiger partial charge is 0.289 e. The lowest BCUT2D eigenvalue weighted by molar-refractivity contribution is 0.333. The van der Waals surface area contributed by atoms with E-state index >= 15 is 0 Å². The van der Waals surface area contributed by atoms with Crippen LogP contribution >= 0.6 is 0 Å². The molecule has 0 bridgehead atoms. The van der Waals surface area contributed by atoms with Crippen LogP contribution in [0.15, 0.2) is 0 Å². The van der Waals surface area contributed by atoms with E-state index in [0.29, 0.717) is 6.42 Å². The number of carbonyl (C=O) groups excluding carboxylic acids is 1. The Labute approximate surface area is 92.1 Å². The Morgan fingerprint density at radius 2 is 1.87 bits per heavy atom. The number of rotatable bonds is 9. The van der Waals surface area contributed by atoms with Gasteiger partial charge in [-0.05, 0) is 13.3 Å². The van der Waals surface area contributed by atoms with Crippen LogP contribution in [0.5, 0.6) is 0 Å². The molecule has 0 saturated carbocycles. The first kappa shape index (κ1) is 14.6. The van der Waals surface area contributed by atoms with Crippen LogP contribution in [-0.2, 0) is 19.1 Å². The van der Waals surface area contributed by atoms with Gasteiger partial charge in [0.1, 0.15) is 0 Å². The maximum absolute atomic E-state index is 11.3. The van der Waals surface area contributed by atoms with Crippen LogP contribution in [0.4, 0.5) is 0 Å². The monoisotopic (exact) mass is 235 g/mol. The molecule has 0 amide bonds. The van der Waals surface area contributed by atoms with Crippen molar-refractivity contribution in [1.82, 2.24) is 0 Å². The van der Waals surface area contributed by atoms with Crippen molar-refractivity contribution in [3.8, 4) is 0 Å². The van der Waals surface area contributed by atoms with E-state index in [4.69, 9.17) is 0 Å². The molecule has 89 valence electrons. The van der Waals surface area contributed by atoms with Gasteiger partial charge in [-0.15, -0.1) is 0 Å². The first-order valence-corrected chi connectivity index (χ1v) is 6.81. The topological polar surface area (TPSA) is 60.4 Å². The zero-order valence-corrected chi connectivity index (χ0v) is 10.2. The van der Waals surface area contributed by atoms with Crippen LogP contribution in [0.2, 0.25) is 0 Å². The van der Waals surface area contributed by atoms with E-state index < -0.39 is 15.4 Å². The summed E-state index contributed by atoms with van der Waals surface area (Å²) in [5, 5.41) is -1.12. The molecule has 0 aromatic carbocycles. The second-order valence-corrected chi connectivity index (χ2v) is 5.15. The average Bonchev–Trinajstić information content (AvgIpc) is 2.17. The summed E-state index contributed by atoms with van der Waals surface area (Å²) >= 11 is 0. The molecule has 0 aliphatic rings. The molecule has 0 aliphatic carbocycles. The molecule has 15 heavy (non-hydrogen) atoms. The molecule has 5 heteroatoms. The van der Waals surface area contributed by atoms with Crippen molar-refractivity contribution in [3.63, 3.8) is 0 Å². The fourth-order valence-corrected chi connectivity index (χ4v) is 2.33. The van der Waals surface area contributed by atoms with Gasteiger partial charge >= 0.3 is 0 Å². The van der Waals surface area contributed by atoms with Gasteiger partial charge in [-0.25, -0.2) is 0 Å². The van der Waals surface area contributed by atoms with Gasteiger partial charge in [0.2, 0.25) is 6.29 Å². The summed E-state index contributed by atoms with van der Waals surface area (Å²) in [6, 6.07) is 0. The number of hydrogen-bond donors (Lipinski definition) is 0. The Morgan fingerprint density at radius 1 is 1.20 bits per heavy atom. The quantitative estimate of drug-likeness (QED) is 0.451. The predicted molar refractivity (Wildman–Crippen MR) is 58.8 cm³/mol. The van der Waals surface area contributed by atoms with Crippen molar-refractivity contribution in [2.45, 2.75) is 51.2 Å². The van der Waals surface area contributed by atoms with Crippen LogP contribution < -0.4 is 0 Å². The molecule has 0 aromatic heterocycles. The third kappa shape index (κ3) is 5.89. The minimum atomic E-state index is -3.73. The van der Waals surface area contributed by atoms with Gasteiger partial charge in [0.25, 0.3) is 10.1 Å². The molecule has 4 nitrogen and oxygen atoms in total.